The van der Waals surface area contributed by atoms with Crippen molar-refractivity contribution in [3.63, 3.8) is 0 Å². The number of allylic oxidation sites excluding steroid dienone is 2. The zero-order valence-electron chi connectivity index (χ0n) is 28.7. The van der Waals surface area contributed by atoms with Gasteiger partial charge in [0.15, 0.2) is 11.5 Å². The molecule has 0 aliphatic heterocycles. The molecule has 9 atom stereocenters. The zero-order valence-corrected chi connectivity index (χ0v) is 28.7. The third kappa shape index (κ3) is 4.69. The molecule has 0 unspecified atom stereocenters. The van der Waals surface area contributed by atoms with Gasteiger partial charge in [0.25, 0.3) is 0 Å². The molecule has 1 aromatic rings. The fraction of sp³-hybridized carbons (Fsp3) is 0.692. The van der Waals surface area contributed by atoms with Crippen LogP contribution in [0, 0.1) is 50.2 Å². The van der Waals surface area contributed by atoms with Crippen molar-refractivity contribution in [2.24, 2.45) is 50.2 Å². The summed E-state index contributed by atoms with van der Waals surface area (Å²) in [6.45, 7) is 16.1. The Morgan fingerprint density at radius 2 is 1.59 bits per heavy atom. The third-order valence-electron chi connectivity index (χ3n) is 14.7. The number of carboxylic acid groups (broad SMARTS) is 1. The molecule has 4 N–H and O–H groups in total. The molecule has 0 bridgehead atoms. The lowest BCUT2D eigenvalue weighted by molar-refractivity contribution is -0.237. The molecule has 0 amide bonds. The van der Waals surface area contributed by atoms with Gasteiger partial charge in [-0.2, -0.15) is 0 Å². The number of ether oxygens (including phenoxy) is 1. The molecule has 7 nitrogen and oxygen atoms in total. The number of hydrogen-bond acceptors (Lipinski definition) is 6. The van der Waals surface area contributed by atoms with Gasteiger partial charge in [-0.25, -0.2) is 4.79 Å². The monoisotopic (exact) mass is 634 g/mol. The van der Waals surface area contributed by atoms with Crippen LogP contribution < -0.4 is 0 Å². The molecule has 6 rings (SSSR count). The van der Waals surface area contributed by atoms with Gasteiger partial charge in [0.05, 0.1) is 11.5 Å². The molecule has 252 valence electrons. The molecular weight excluding hydrogens is 580 g/mol. The lowest BCUT2D eigenvalue weighted by atomic mass is 9.33. The SMILES string of the molecule is CC1(C)CC[C@]2(C(=O)O)CC[C@]3(C)C(=CC[C@@H]4[C@@]5(C)C[C@@H](OC(=O)C=Cc6ccc(O)c(O)c6)[C@H](O)C(C)(C)[C@@H]5CC[C@]43C)[C@@H]2C1. The van der Waals surface area contributed by atoms with Crippen molar-refractivity contribution in [2.45, 2.75) is 118 Å². The van der Waals surface area contributed by atoms with Crippen molar-refractivity contribution >= 4 is 18.0 Å². The standard InChI is InChI=1S/C39H54O7/c1-34(2)16-18-39(33(44)45)19-17-37(6)24(25(39)21-34)10-12-30-36(5)22-28(32(43)35(3,4)29(36)14-15-38(30,37)7)46-31(42)13-9-23-8-11-26(40)27(41)20-23/h8-11,13,20,25,28-30,32,40-41,43H,12,14-19,21-22H2,1-7H3,(H,44,45)/t25-,28+,29-,30+,32-,36-,37+,38+,39-/m0/s1. The minimum Gasteiger partial charge on any atom is -0.504 e. The first-order valence-corrected chi connectivity index (χ1v) is 17.3. The maximum Gasteiger partial charge on any atom is 0.331 e. The average Bonchev–Trinajstić information content (AvgIpc) is 2.96. The summed E-state index contributed by atoms with van der Waals surface area (Å²) in [5.41, 5.74) is 0.521. The van der Waals surface area contributed by atoms with E-state index in [0.29, 0.717) is 17.9 Å². The molecular formula is C39H54O7. The topological polar surface area (TPSA) is 124 Å². The lowest BCUT2D eigenvalue weighted by Crippen LogP contribution is -2.67. The van der Waals surface area contributed by atoms with Gasteiger partial charge in [0.1, 0.15) is 6.10 Å². The van der Waals surface area contributed by atoms with Crippen LogP contribution in [0.15, 0.2) is 35.9 Å². The second kappa shape index (κ2) is 10.6. The van der Waals surface area contributed by atoms with Crippen LogP contribution in [0.1, 0.15) is 112 Å². The molecule has 0 aromatic heterocycles. The van der Waals surface area contributed by atoms with Crippen LogP contribution >= 0.6 is 0 Å². The predicted octanol–water partition coefficient (Wildman–Crippen LogP) is 7.88. The highest BCUT2D eigenvalue weighted by atomic mass is 16.6. The first kappa shape index (κ1) is 33.1. The highest BCUT2D eigenvalue weighted by Crippen LogP contribution is 2.75. The summed E-state index contributed by atoms with van der Waals surface area (Å²) >= 11 is 0. The quantitative estimate of drug-likeness (QED) is 0.115. The number of aliphatic hydroxyl groups is 1. The Kier molecular flexibility index (Phi) is 7.63. The third-order valence-corrected chi connectivity index (χ3v) is 14.7. The number of aliphatic carboxylic acids is 1. The number of esters is 1. The maximum absolute atomic E-state index is 13.1. The number of rotatable bonds is 4. The van der Waals surface area contributed by atoms with Crippen LogP contribution in [0.25, 0.3) is 6.08 Å². The molecule has 0 saturated heterocycles. The summed E-state index contributed by atoms with van der Waals surface area (Å²) in [6.07, 6.45) is 11.4. The van der Waals surface area contributed by atoms with Gasteiger partial charge in [-0.15, -0.1) is 0 Å². The van der Waals surface area contributed by atoms with Gasteiger partial charge < -0.3 is 25.2 Å². The number of phenols is 2. The first-order chi connectivity index (χ1) is 21.3. The number of carboxylic acids is 1. The van der Waals surface area contributed by atoms with Gasteiger partial charge in [0, 0.05) is 6.08 Å². The number of carbonyl (C=O) groups is 2. The van der Waals surface area contributed by atoms with Crippen molar-refractivity contribution in [3.05, 3.63) is 41.5 Å². The number of phenolic OH excluding ortho intramolecular Hbond substituents is 2. The van der Waals surface area contributed by atoms with Gasteiger partial charge >= 0.3 is 11.9 Å². The van der Waals surface area contributed by atoms with Crippen molar-refractivity contribution in [1.29, 1.82) is 0 Å². The summed E-state index contributed by atoms with van der Waals surface area (Å²) in [5, 5.41) is 41.7. The summed E-state index contributed by atoms with van der Waals surface area (Å²) in [5.74, 6) is -1.08. The second-order valence-electron chi connectivity index (χ2n) is 17.7. The van der Waals surface area contributed by atoms with Crippen LogP contribution in [0.3, 0.4) is 0 Å². The summed E-state index contributed by atoms with van der Waals surface area (Å²) in [6, 6.07) is 4.33. The largest absolute Gasteiger partial charge is 0.504 e. The number of carbonyl (C=O) groups excluding carboxylic acids is 1. The first-order valence-electron chi connectivity index (χ1n) is 17.3. The van der Waals surface area contributed by atoms with Crippen LogP contribution in [0.5, 0.6) is 11.5 Å². The molecule has 1 aromatic carbocycles. The van der Waals surface area contributed by atoms with Crippen molar-refractivity contribution < 1.29 is 34.8 Å². The van der Waals surface area contributed by atoms with Gasteiger partial charge in [-0.1, -0.05) is 66.2 Å². The van der Waals surface area contributed by atoms with E-state index in [9.17, 15) is 30.0 Å². The molecule has 4 fully saturated rings. The Bertz CT molecular complexity index is 1490. The molecule has 0 radical (unpaired) electrons. The van der Waals surface area contributed by atoms with E-state index in [-0.39, 0.29) is 45.0 Å². The Morgan fingerprint density at radius 1 is 0.891 bits per heavy atom. The van der Waals surface area contributed by atoms with Gasteiger partial charge in [0.2, 0.25) is 0 Å². The number of fused-ring (bicyclic) bond motifs is 7. The van der Waals surface area contributed by atoms with Crippen LogP contribution in [-0.4, -0.2) is 44.6 Å². The van der Waals surface area contributed by atoms with E-state index >= 15 is 0 Å². The van der Waals surface area contributed by atoms with E-state index in [0.717, 1.165) is 51.4 Å². The van der Waals surface area contributed by atoms with Gasteiger partial charge in [-0.05, 0) is 126 Å². The van der Waals surface area contributed by atoms with Crippen molar-refractivity contribution in [3.8, 4) is 11.5 Å². The smallest absolute Gasteiger partial charge is 0.331 e. The normalized spacial score (nSPS) is 42.5. The molecule has 46 heavy (non-hydrogen) atoms. The van der Waals surface area contributed by atoms with E-state index < -0.39 is 35.0 Å². The minimum atomic E-state index is -0.814. The van der Waals surface area contributed by atoms with Crippen LogP contribution in [0.2, 0.25) is 0 Å². The number of hydrogen-bond donors (Lipinski definition) is 4. The number of aliphatic hydroxyl groups excluding tert-OH is 1. The van der Waals surface area contributed by atoms with E-state index in [1.54, 1.807) is 6.07 Å². The predicted molar refractivity (Wildman–Crippen MR) is 177 cm³/mol. The fourth-order valence-corrected chi connectivity index (χ4v) is 11.8. The molecule has 4 saturated carbocycles. The van der Waals surface area contributed by atoms with Crippen LogP contribution in [-0.2, 0) is 14.3 Å². The van der Waals surface area contributed by atoms with E-state index in [2.05, 4.69) is 54.5 Å². The number of aromatic hydroxyl groups is 2. The van der Waals surface area contributed by atoms with Crippen molar-refractivity contribution in [2.75, 3.05) is 0 Å². The Labute approximate surface area is 274 Å². The highest BCUT2D eigenvalue weighted by Gasteiger charge is 2.70. The molecule has 0 heterocycles. The van der Waals surface area contributed by atoms with E-state index in [1.807, 2.05) is 0 Å². The van der Waals surface area contributed by atoms with Crippen LogP contribution in [0.4, 0.5) is 0 Å². The Hall–Kier alpha value is -2.80. The maximum atomic E-state index is 13.1. The summed E-state index contributed by atoms with van der Waals surface area (Å²) in [4.78, 5) is 26.1. The lowest BCUT2D eigenvalue weighted by Gasteiger charge is -2.71. The Morgan fingerprint density at radius 3 is 2.26 bits per heavy atom. The minimum absolute atomic E-state index is 0.0522. The molecule has 7 heteroatoms. The molecule has 5 aliphatic carbocycles. The second-order valence-corrected chi connectivity index (χ2v) is 17.7. The highest BCUT2D eigenvalue weighted by molar-refractivity contribution is 5.87. The van der Waals surface area contributed by atoms with Gasteiger partial charge in [-0.3, -0.25) is 4.79 Å². The van der Waals surface area contributed by atoms with Crippen molar-refractivity contribution in [1.82, 2.24) is 0 Å². The fourth-order valence-electron chi connectivity index (χ4n) is 11.8. The molecule has 5 aliphatic rings. The average molecular weight is 635 g/mol. The summed E-state index contributed by atoms with van der Waals surface area (Å²) < 4.78 is 6.04. The zero-order chi connectivity index (χ0) is 33.7. The van der Waals surface area contributed by atoms with E-state index in [1.165, 1.54) is 29.9 Å². The molecule has 0 spiro atoms. The summed E-state index contributed by atoms with van der Waals surface area (Å²) in [7, 11) is 0. The Balaban J connectivity index is 1.32. The number of benzene rings is 1. The van der Waals surface area contributed by atoms with E-state index in [4.69, 9.17) is 4.74 Å².